The number of hydrogen-bond acceptors (Lipinski definition) is 5. The van der Waals surface area contributed by atoms with Gasteiger partial charge in [-0.2, -0.15) is 0 Å². The van der Waals surface area contributed by atoms with E-state index in [-0.39, 0.29) is 30.1 Å². The number of benzene rings is 1. The van der Waals surface area contributed by atoms with E-state index in [9.17, 15) is 9.18 Å². The van der Waals surface area contributed by atoms with Crippen molar-refractivity contribution in [1.29, 1.82) is 0 Å². The summed E-state index contributed by atoms with van der Waals surface area (Å²) in [5, 5.41) is 10.1. The second kappa shape index (κ2) is 6.25. The minimum atomic E-state index is -0.355. The molecule has 2 aromatic heterocycles. The van der Waals surface area contributed by atoms with E-state index in [1.165, 1.54) is 35.6 Å². The molecule has 8 heteroatoms. The van der Waals surface area contributed by atoms with Gasteiger partial charge in [-0.3, -0.25) is 10.1 Å². The lowest BCUT2D eigenvalue weighted by molar-refractivity contribution is -0.115. The summed E-state index contributed by atoms with van der Waals surface area (Å²) < 4.78 is 18.8. The van der Waals surface area contributed by atoms with E-state index in [1.54, 1.807) is 12.1 Å². The molecule has 3 aromatic rings. The minimum Gasteiger partial charge on any atom is -0.403 e. The van der Waals surface area contributed by atoms with Crippen LogP contribution in [0.3, 0.4) is 0 Å². The van der Waals surface area contributed by atoms with Gasteiger partial charge in [-0.25, -0.2) is 4.39 Å². The topological polar surface area (TPSA) is 68.0 Å². The molecule has 112 valence electrons. The Labute approximate surface area is 133 Å². The van der Waals surface area contributed by atoms with Crippen molar-refractivity contribution in [2.24, 2.45) is 0 Å². The zero-order chi connectivity index (χ0) is 15.5. The number of carbonyl (C=O) groups is 1. The maximum Gasteiger partial charge on any atom is 0.322 e. The molecule has 0 saturated carbocycles. The third kappa shape index (κ3) is 3.49. The molecule has 3 rings (SSSR count). The number of aromatic nitrogens is 2. The molecule has 0 radical (unpaired) electrons. The molecule has 1 amide bonds. The van der Waals surface area contributed by atoms with Crippen LogP contribution < -0.4 is 5.32 Å². The highest BCUT2D eigenvalue weighted by atomic mass is 35.5. The second-order valence-corrected chi connectivity index (χ2v) is 6.15. The Balaban J connectivity index is 1.66. The lowest BCUT2D eigenvalue weighted by Crippen LogP contribution is -2.13. The van der Waals surface area contributed by atoms with Gasteiger partial charge < -0.3 is 4.42 Å². The predicted octanol–water partition coefficient (Wildman–Crippen LogP) is 3.77. The first-order valence-electron chi connectivity index (χ1n) is 6.23. The number of anilines is 1. The van der Waals surface area contributed by atoms with Gasteiger partial charge >= 0.3 is 6.01 Å². The van der Waals surface area contributed by atoms with E-state index >= 15 is 0 Å². The Hall–Kier alpha value is -2.25. The van der Waals surface area contributed by atoms with Crippen molar-refractivity contribution in [3.05, 3.63) is 51.4 Å². The average Bonchev–Trinajstić information content (AvgIpc) is 3.09. The Morgan fingerprint density at radius 1 is 1.23 bits per heavy atom. The van der Waals surface area contributed by atoms with Crippen molar-refractivity contribution >= 4 is 34.9 Å². The molecule has 22 heavy (non-hydrogen) atoms. The first-order chi connectivity index (χ1) is 10.6. The van der Waals surface area contributed by atoms with Crippen LogP contribution in [-0.4, -0.2) is 16.1 Å². The van der Waals surface area contributed by atoms with Crippen LogP contribution in [0.4, 0.5) is 10.4 Å². The lowest BCUT2D eigenvalue weighted by Gasteiger charge is -1.98. The second-order valence-electron chi connectivity index (χ2n) is 4.35. The van der Waals surface area contributed by atoms with Crippen LogP contribution in [0.1, 0.15) is 4.88 Å². The predicted molar refractivity (Wildman–Crippen MR) is 81.4 cm³/mol. The first-order valence-corrected chi connectivity index (χ1v) is 7.43. The van der Waals surface area contributed by atoms with Crippen molar-refractivity contribution < 1.29 is 13.6 Å². The minimum absolute atomic E-state index is 0.00743. The van der Waals surface area contributed by atoms with E-state index in [4.69, 9.17) is 16.0 Å². The van der Waals surface area contributed by atoms with E-state index in [0.717, 1.165) is 4.88 Å². The van der Waals surface area contributed by atoms with Crippen LogP contribution in [0.25, 0.3) is 11.5 Å². The largest absolute Gasteiger partial charge is 0.403 e. The molecule has 0 atom stereocenters. The molecule has 0 unspecified atom stereocenters. The smallest absolute Gasteiger partial charge is 0.322 e. The van der Waals surface area contributed by atoms with Crippen LogP contribution in [0.15, 0.2) is 40.8 Å². The van der Waals surface area contributed by atoms with Gasteiger partial charge in [0, 0.05) is 10.4 Å². The highest BCUT2D eigenvalue weighted by Gasteiger charge is 2.12. The van der Waals surface area contributed by atoms with Gasteiger partial charge in [0.1, 0.15) is 5.82 Å². The van der Waals surface area contributed by atoms with Gasteiger partial charge in [-0.15, -0.1) is 16.4 Å². The number of amides is 1. The molecule has 0 spiro atoms. The fourth-order valence-electron chi connectivity index (χ4n) is 1.75. The number of halogens is 2. The van der Waals surface area contributed by atoms with Crippen LogP contribution in [0.2, 0.25) is 4.34 Å². The van der Waals surface area contributed by atoms with Crippen molar-refractivity contribution in [2.75, 3.05) is 5.32 Å². The normalized spacial score (nSPS) is 10.6. The number of nitrogens with zero attached hydrogens (tertiary/aromatic N) is 2. The molecule has 0 aliphatic heterocycles. The Bertz CT molecular complexity index is 801. The summed E-state index contributed by atoms with van der Waals surface area (Å²) in [5.74, 6) is -0.436. The van der Waals surface area contributed by atoms with Gasteiger partial charge in [0.25, 0.3) is 0 Å². The standard InChI is InChI=1S/C14H9ClFN3O2S/c15-11-6-5-10(22-11)7-12(20)17-14-19-18-13(21-14)8-1-3-9(16)4-2-8/h1-6H,7H2,(H,17,19,20). The number of carbonyl (C=O) groups excluding carboxylic acids is 1. The molecule has 2 heterocycles. The number of thiophene rings is 1. The molecule has 0 fully saturated rings. The van der Waals surface area contributed by atoms with Crippen LogP contribution in [-0.2, 0) is 11.2 Å². The average molecular weight is 338 g/mol. The van der Waals surface area contributed by atoms with E-state index in [0.29, 0.717) is 9.90 Å². The highest BCUT2D eigenvalue weighted by Crippen LogP contribution is 2.23. The molecule has 0 aliphatic rings. The fraction of sp³-hybridized carbons (Fsp3) is 0.0714. The molecular formula is C14H9ClFN3O2S. The molecule has 1 N–H and O–H groups in total. The molecular weight excluding hydrogens is 329 g/mol. The first kappa shape index (κ1) is 14.7. The summed E-state index contributed by atoms with van der Waals surface area (Å²) in [6, 6.07) is 9.12. The number of hydrogen-bond donors (Lipinski definition) is 1. The van der Waals surface area contributed by atoms with Gasteiger partial charge in [0.2, 0.25) is 11.8 Å². The van der Waals surface area contributed by atoms with Crippen molar-refractivity contribution in [1.82, 2.24) is 10.2 Å². The maximum atomic E-state index is 12.9. The summed E-state index contributed by atoms with van der Waals surface area (Å²) in [7, 11) is 0. The van der Waals surface area contributed by atoms with E-state index in [1.807, 2.05) is 0 Å². The summed E-state index contributed by atoms with van der Waals surface area (Å²) in [5.41, 5.74) is 0.569. The van der Waals surface area contributed by atoms with Crippen LogP contribution in [0, 0.1) is 5.82 Å². The SMILES string of the molecule is O=C(Cc1ccc(Cl)s1)Nc1nnc(-c2ccc(F)cc2)o1. The van der Waals surface area contributed by atoms with Crippen molar-refractivity contribution in [3.63, 3.8) is 0 Å². The zero-order valence-electron chi connectivity index (χ0n) is 11.0. The van der Waals surface area contributed by atoms with Gasteiger partial charge in [-0.05, 0) is 36.4 Å². The third-order valence-electron chi connectivity index (χ3n) is 2.73. The van der Waals surface area contributed by atoms with Gasteiger partial charge in [0.05, 0.1) is 10.8 Å². The Kier molecular flexibility index (Phi) is 4.17. The summed E-state index contributed by atoms with van der Waals surface area (Å²) in [4.78, 5) is 12.7. The molecule has 0 saturated heterocycles. The maximum absolute atomic E-state index is 12.9. The van der Waals surface area contributed by atoms with E-state index in [2.05, 4.69) is 15.5 Å². The van der Waals surface area contributed by atoms with Crippen LogP contribution >= 0.6 is 22.9 Å². The van der Waals surface area contributed by atoms with Gasteiger partial charge in [-0.1, -0.05) is 16.7 Å². The quantitative estimate of drug-likeness (QED) is 0.786. The van der Waals surface area contributed by atoms with Crippen molar-refractivity contribution in [2.45, 2.75) is 6.42 Å². The van der Waals surface area contributed by atoms with Crippen LogP contribution in [0.5, 0.6) is 0 Å². The highest BCUT2D eigenvalue weighted by molar-refractivity contribution is 7.16. The molecule has 0 bridgehead atoms. The number of nitrogens with one attached hydrogen (secondary N) is 1. The van der Waals surface area contributed by atoms with Gasteiger partial charge in [0.15, 0.2) is 0 Å². The monoisotopic (exact) mass is 337 g/mol. The Morgan fingerprint density at radius 3 is 2.68 bits per heavy atom. The third-order valence-corrected chi connectivity index (χ3v) is 3.96. The fourth-order valence-corrected chi connectivity index (χ4v) is 2.84. The molecule has 1 aromatic carbocycles. The lowest BCUT2D eigenvalue weighted by atomic mass is 10.2. The van der Waals surface area contributed by atoms with Crippen molar-refractivity contribution in [3.8, 4) is 11.5 Å². The number of rotatable bonds is 4. The Morgan fingerprint density at radius 2 is 2.00 bits per heavy atom. The zero-order valence-corrected chi connectivity index (χ0v) is 12.6. The summed E-state index contributed by atoms with van der Waals surface area (Å²) in [6.45, 7) is 0. The summed E-state index contributed by atoms with van der Waals surface area (Å²) >= 11 is 7.14. The summed E-state index contributed by atoms with van der Waals surface area (Å²) in [6.07, 6.45) is 0.172. The molecule has 0 aliphatic carbocycles. The molecule has 5 nitrogen and oxygen atoms in total. The van der Waals surface area contributed by atoms with E-state index < -0.39 is 0 Å².